The maximum Gasteiger partial charge on any atom is 0.0540 e. The van der Waals surface area contributed by atoms with Crippen molar-refractivity contribution in [2.75, 3.05) is 4.90 Å². The van der Waals surface area contributed by atoms with Crippen LogP contribution < -0.4 is 4.90 Å². The summed E-state index contributed by atoms with van der Waals surface area (Å²) in [6.07, 6.45) is 0. The van der Waals surface area contributed by atoms with Gasteiger partial charge >= 0.3 is 0 Å². The molecule has 0 aliphatic heterocycles. The van der Waals surface area contributed by atoms with E-state index in [9.17, 15) is 0 Å². The number of hydrogen-bond donors (Lipinski definition) is 0. The summed E-state index contributed by atoms with van der Waals surface area (Å²) in [4.78, 5) is 2.44. The van der Waals surface area contributed by atoms with Crippen molar-refractivity contribution in [1.82, 2.24) is 0 Å². The lowest BCUT2D eigenvalue weighted by Gasteiger charge is -2.29. The number of benzene rings is 8. The smallest absolute Gasteiger partial charge is 0.0540 e. The van der Waals surface area contributed by atoms with Gasteiger partial charge in [0.15, 0.2) is 0 Å². The van der Waals surface area contributed by atoms with Gasteiger partial charge in [0.05, 0.1) is 5.69 Å². The Morgan fingerprint density at radius 3 is 1.75 bits per heavy atom. The van der Waals surface area contributed by atoms with Crippen LogP contribution in [0.1, 0.15) is 25.0 Å². The van der Waals surface area contributed by atoms with Crippen molar-refractivity contribution in [3.05, 3.63) is 187 Å². The molecule has 0 fully saturated rings. The van der Waals surface area contributed by atoms with Crippen LogP contribution in [0.4, 0.5) is 17.1 Å². The van der Waals surface area contributed by atoms with E-state index in [4.69, 9.17) is 0 Å². The minimum atomic E-state index is -0.145. The zero-order chi connectivity index (χ0) is 32.2. The quantitative estimate of drug-likeness (QED) is 0.187. The number of nitrogens with zero attached hydrogens (tertiary/aromatic N) is 1. The molecule has 1 heteroatoms. The van der Waals surface area contributed by atoms with Crippen LogP contribution in [0.3, 0.4) is 0 Å². The Morgan fingerprint density at radius 1 is 0.396 bits per heavy atom. The Balaban J connectivity index is 1.31. The molecule has 8 aromatic carbocycles. The summed E-state index contributed by atoms with van der Waals surface area (Å²) in [5.74, 6) is 0. The normalized spacial score (nSPS) is 13.0. The monoisotopic (exact) mass is 613 g/mol. The van der Waals surface area contributed by atoms with E-state index in [0.29, 0.717) is 0 Å². The van der Waals surface area contributed by atoms with Crippen LogP contribution in [-0.2, 0) is 5.41 Å². The van der Waals surface area contributed by atoms with Crippen molar-refractivity contribution in [3.63, 3.8) is 0 Å². The minimum Gasteiger partial charge on any atom is -0.310 e. The Morgan fingerprint density at radius 2 is 0.979 bits per heavy atom. The summed E-state index contributed by atoms with van der Waals surface area (Å²) in [6.45, 7) is 4.77. The third kappa shape index (κ3) is 4.47. The Labute approximate surface area is 282 Å². The summed E-state index contributed by atoms with van der Waals surface area (Å²) in [5.41, 5.74) is 13.6. The van der Waals surface area contributed by atoms with Gasteiger partial charge in [-0.1, -0.05) is 153 Å². The second-order valence-electron chi connectivity index (χ2n) is 13.4. The summed E-state index contributed by atoms with van der Waals surface area (Å²) < 4.78 is 0. The molecule has 0 saturated heterocycles. The number of fused-ring (bicyclic) bond motifs is 6. The molecule has 0 aromatic heterocycles. The highest BCUT2D eigenvalue weighted by Crippen LogP contribution is 2.55. The van der Waals surface area contributed by atoms with E-state index in [1.165, 1.54) is 66.1 Å². The molecule has 0 amide bonds. The SMILES string of the molecule is CC1(C)c2ccc(N(c3ccc4ccccc4c3)c3ccccc3-c3ccccc3)cc2-c2cc(-c3ccccc3)c3ccccc3c21. The third-order valence-corrected chi connectivity index (χ3v) is 10.2. The minimum absolute atomic E-state index is 0.145. The number of rotatable bonds is 5. The molecule has 0 atom stereocenters. The lowest BCUT2D eigenvalue weighted by molar-refractivity contribution is 0.666. The van der Waals surface area contributed by atoms with Crippen molar-refractivity contribution < 1.29 is 0 Å². The van der Waals surface area contributed by atoms with Crippen molar-refractivity contribution in [1.29, 1.82) is 0 Å². The second-order valence-corrected chi connectivity index (χ2v) is 13.4. The predicted octanol–water partition coefficient (Wildman–Crippen LogP) is 13.1. The maximum atomic E-state index is 2.45. The highest BCUT2D eigenvalue weighted by molar-refractivity contribution is 6.06. The fourth-order valence-corrected chi connectivity index (χ4v) is 7.96. The molecule has 0 saturated carbocycles. The maximum absolute atomic E-state index is 2.45. The van der Waals surface area contributed by atoms with Crippen LogP contribution in [0.5, 0.6) is 0 Å². The lowest BCUT2D eigenvalue weighted by atomic mass is 9.79. The summed E-state index contributed by atoms with van der Waals surface area (Å²) >= 11 is 0. The zero-order valence-electron chi connectivity index (χ0n) is 27.2. The van der Waals surface area contributed by atoms with Crippen LogP contribution in [0, 0.1) is 0 Å². The first-order valence-electron chi connectivity index (χ1n) is 16.8. The summed E-state index contributed by atoms with van der Waals surface area (Å²) in [6, 6.07) is 64.3. The highest BCUT2D eigenvalue weighted by Gasteiger charge is 2.38. The first-order valence-corrected chi connectivity index (χ1v) is 16.8. The van der Waals surface area contributed by atoms with Gasteiger partial charge in [-0.2, -0.15) is 0 Å². The van der Waals surface area contributed by atoms with Gasteiger partial charge < -0.3 is 4.90 Å². The Kier molecular flexibility index (Phi) is 6.55. The zero-order valence-corrected chi connectivity index (χ0v) is 27.2. The molecule has 48 heavy (non-hydrogen) atoms. The third-order valence-electron chi connectivity index (χ3n) is 10.2. The van der Waals surface area contributed by atoms with Crippen molar-refractivity contribution in [2.45, 2.75) is 19.3 Å². The van der Waals surface area contributed by atoms with E-state index in [1.807, 2.05) is 0 Å². The topological polar surface area (TPSA) is 3.24 Å². The van der Waals surface area contributed by atoms with Crippen LogP contribution in [0.25, 0.3) is 54.9 Å². The van der Waals surface area contributed by atoms with Gasteiger partial charge in [-0.3, -0.25) is 0 Å². The molecule has 0 heterocycles. The summed E-state index contributed by atoms with van der Waals surface area (Å²) in [7, 11) is 0. The lowest BCUT2D eigenvalue weighted by Crippen LogP contribution is -2.16. The first-order chi connectivity index (χ1) is 23.6. The van der Waals surface area contributed by atoms with Crippen molar-refractivity contribution >= 4 is 38.6 Å². The molecule has 1 aliphatic rings. The van der Waals surface area contributed by atoms with Gasteiger partial charge in [0.2, 0.25) is 0 Å². The molecule has 0 radical (unpaired) electrons. The van der Waals surface area contributed by atoms with E-state index in [-0.39, 0.29) is 5.41 Å². The Hall–Kier alpha value is -5.92. The number of para-hydroxylation sites is 1. The van der Waals surface area contributed by atoms with Crippen molar-refractivity contribution in [3.8, 4) is 33.4 Å². The first kappa shape index (κ1) is 28.3. The molecule has 9 rings (SSSR count). The van der Waals surface area contributed by atoms with E-state index < -0.39 is 0 Å². The van der Waals surface area contributed by atoms with Gasteiger partial charge in [-0.05, 0) is 96.9 Å². The fourth-order valence-electron chi connectivity index (χ4n) is 7.96. The van der Waals surface area contributed by atoms with E-state index >= 15 is 0 Å². The molecule has 0 spiro atoms. The fraction of sp³-hybridized carbons (Fsp3) is 0.0638. The van der Waals surface area contributed by atoms with E-state index in [1.54, 1.807) is 0 Å². The molecule has 0 N–H and O–H groups in total. The van der Waals surface area contributed by atoms with Crippen LogP contribution in [-0.4, -0.2) is 0 Å². The van der Waals surface area contributed by atoms with Crippen LogP contribution in [0.2, 0.25) is 0 Å². The van der Waals surface area contributed by atoms with Crippen LogP contribution in [0.15, 0.2) is 176 Å². The molecule has 1 aliphatic carbocycles. The molecule has 228 valence electrons. The number of anilines is 3. The Bertz CT molecular complexity index is 2470. The predicted molar refractivity (Wildman–Crippen MR) is 205 cm³/mol. The average molecular weight is 614 g/mol. The summed E-state index contributed by atoms with van der Waals surface area (Å²) in [5, 5.41) is 5.10. The number of hydrogen-bond acceptors (Lipinski definition) is 1. The van der Waals surface area contributed by atoms with Gasteiger partial charge in [-0.15, -0.1) is 0 Å². The molecule has 1 nitrogen and oxygen atoms in total. The van der Waals surface area contributed by atoms with Gasteiger partial charge in [-0.25, -0.2) is 0 Å². The molecule has 0 bridgehead atoms. The largest absolute Gasteiger partial charge is 0.310 e. The standard InChI is InChI=1S/C47H35N/c1-47(2)44-28-27-37(30-42(44)43-31-41(34-18-7-4-8-19-34)39-22-11-12-23-40(39)46(43)47)48(36-26-25-32-15-9-10-20-35(32)29-36)45-24-14-13-21-38(45)33-16-5-3-6-17-33/h3-31H,1-2H3. The van der Waals surface area contributed by atoms with Gasteiger partial charge in [0.25, 0.3) is 0 Å². The van der Waals surface area contributed by atoms with Crippen LogP contribution >= 0.6 is 0 Å². The molecular weight excluding hydrogens is 579 g/mol. The van der Waals surface area contributed by atoms with Gasteiger partial charge in [0.1, 0.15) is 0 Å². The average Bonchev–Trinajstić information content (AvgIpc) is 3.37. The van der Waals surface area contributed by atoms with Gasteiger partial charge in [0, 0.05) is 22.4 Å². The molecular formula is C47H35N. The highest BCUT2D eigenvalue weighted by atomic mass is 15.1. The van der Waals surface area contributed by atoms with E-state index in [0.717, 1.165) is 17.1 Å². The molecule has 8 aromatic rings. The molecule has 0 unspecified atom stereocenters. The van der Waals surface area contributed by atoms with Crippen molar-refractivity contribution in [2.24, 2.45) is 0 Å². The second kappa shape index (κ2) is 11.1. The van der Waals surface area contributed by atoms with E-state index in [2.05, 4.69) is 195 Å².